The Balaban J connectivity index is 1.79. The number of para-hydroxylation sites is 1. The fourth-order valence-corrected chi connectivity index (χ4v) is 4.17. The van der Waals surface area contributed by atoms with Crippen LogP contribution in [0.3, 0.4) is 0 Å². The van der Waals surface area contributed by atoms with E-state index >= 15 is 0 Å². The van der Waals surface area contributed by atoms with E-state index in [1.165, 1.54) is 32.1 Å². The van der Waals surface area contributed by atoms with E-state index in [2.05, 4.69) is 11.5 Å². The van der Waals surface area contributed by atoms with E-state index in [1.54, 1.807) is 0 Å². The number of hydrazine groups is 1. The fraction of sp³-hybridized carbons (Fsp3) is 0.647. The molecule has 1 saturated heterocycles. The van der Waals surface area contributed by atoms with Crippen LogP contribution in [0.5, 0.6) is 0 Å². The summed E-state index contributed by atoms with van der Waals surface area (Å²) in [4.78, 5) is 0. The number of rotatable bonds is 3. The van der Waals surface area contributed by atoms with Crippen molar-refractivity contribution in [1.29, 1.82) is 0 Å². The third kappa shape index (κ3) is 3.07. The third-order valence-corrected chi connectivity index (χ3v) is 5.28. The molecule has 2 unspecified atom stereocenters. The predicted molar refractivity (Wildman–Crippen MR) is 85.4 cm³/mol. The van der Waals surface area contributed by atoms with E-state index < -0.39 is 0 Å². The zero-order valence-electron chi connectivity index (χ0n) is 12.7. The summed E-state index contributed by atoms with van der Waals surface area (Å²) in [5, 5.41) is 0. The lowest BCUT2D eigenvalue weighted by Crippen LogP contribution is -2.46. The van der Waals surface area contributed by atoms with Gasteiger partial charge in [-0.1, -0.05) is 37.5 Å². The molecular formula is C17H27N3O. The van der Waals surface area contributed by atoms with Crippen LogP contribution < -0.4 is 17.0 Å². The quantitative estimate of drug-likeness (QED) is 0.454. The van der Waals surface area contributed by atoms with Crippen molar-refractivity contribution in [3.8, 4) is 0 Å². The van der Waals surface area contributed by atoms with Gasteiger partial charge in [0.05, 0.1) is 11.6 Å². The fourth-order valence-electron chi connectivity index (χ4n) is 4.17. The molecule has 116 valence electrons. The third-order valence-electron chi connectivity index (χ3n) is 5.28. The van der Waals surface area contributed by atoms with Gasteiger partial charge in [-0.2, -0.15) is 0 Å². The highest BCUT2D eigenvalue weighted by molar-refractivity contribution is 5.48. The Kier molecular flexibility index (Phi) is 4.48. The van der Waals surface area contributed by atoms with Crippen molar-refractivity contribution in [2.75, 3.05) is 12.3 Å². The van der Waals surface area contributed by atoms with Crippen LogP contribution in [-0.2, 0) is 4.74 Å². The summed E-state index contributed by atoms with van der Waals surface area (Å²) in [7, 11) is 0. The van der Waals surface area contributed by atoms with Gasteiger partial charge in [0, 0.05) is 12.3 Å². The second-order valence-corrected chi connectivity index (χ2v) is 6.62. The Hall–Kier alpha value is -1.10. The normalized spacial score (nSPS) is 26.6. The average molecular weight is 289 g/mol. The van der Waals surface area contributed by atoms with Gasteiger partial charge in [0.1, 0.15) is 0 Å². The second kappa shape index (κ2) is 6.34. The minimum Gasteiger partial charge on any atom is -0.398 e. The lowest BCUT2D eigenvalue weighted by molar-refractivity contribution is -0.122. The first-order chi connectivity index (χ1) is 10.2. The van der Waals surface area contributed by atoms with Crippen LogP contribution in [0, 0.1) is 5.92 Å². The molecule has 4 heteroatoms. The van der Waals surface area contributed by atoms with Crippen molar-refractivity contribution < 1.29 is 4.74 Å². The number of anilines is 1. The SMILES string of the molecule is NNC(c1ccccc1N)C1CCOC2(CCCCC2)C1. The highest BCUT2D eigenvalue weighted by atomic mass is 16.5. The molecule has 0 bridgehead atoms. The van der Waals surface area contributed by atoms with Gasteiger partial charge in [0.2, 0.25) is 0 Å². The summed E-state index contributed by atoms with van der Waals surface area (Å²) in [5.74, 6) is 6.37. The van der Waals surface area contributed by atoms with E-state index in [4.69, 9.17) is 16.3 Å². The number of nitrogen functional groups attached to an aromatic ring is 1. The van der Waals surface area contributed by atoms with Gasteiger partial charge < -0.3 is 10.5 Å². The van der Waals surface area contributed by atoms with Crippen molar-refractivity contribution in [2.45, 2.75) is 56.6 Å². The number of hydrogen-bond acceptors (Lipinski definition) is 4. The highest BCUT2D eigenvalue weighted by Gasteiger charge is 2.41. The Morgan fingerprint density at radius 2 is 1.95 bits per heavy atom. The smallest absolute Gasteiger partial charge is 0.0686 e. The molecule has 1 aromatic rings. The molecule has 2 fully saturated rings. The van der Waals surface area contributed by atoms with Crippen molar-refractivity contribution >= 4 is 5.69 Å². The van der Waals surface area contributed by atoms with Crippen molar-refractivity contribution in [2.24, 2.45) is 11.8 Å². The van der Waals surface area contributed by atoms with Crippen LogP contribution in [0.25, 0.3) is 0 Å². The zero-order chi connectivity index (χ0) is 14.7. The molecular weight excluding hydrogens is 262 g/mol. The summed E-state index contributed by atoms with van der Waals surface area (Å²) in [6.07, 6.45) is 8.47. The molecule has 0 aromatic heterocycles. The summed E-state index contributed by atoms with van der Waals surface area (Å²) in [6, 6.07) is 8.16. The molecule has 3 rings (SSSR count). The number of ether oxygens (including phenoxy) is 1. The Labute approximate surface area is 127 Å². The van der Waals surface area contributed by atoms with E-state index in [-0.39, 0.29) is 11.6 Å². The average Bonchev–Trinajstić information content (AvgIpc) is 2.51. The topological polar surface area (TPSA) is 73.3 Å². The molecule has 1 aromatic carbocycles. The molecule has 1 spiro atoms. The van der Waals surface area contributed by atoms with Gasteiger partial charge in [0.25, 0.3) is 0 Å². The molecule has 2 atom stereocenters. The number of hydrogen-bond donors (Lipinski definition) is 3. The number of benzene rings is 1. The first-order valence-corrected chi connectivity index (χ1v) is 8.19. The molecule has 2 aliphatic rings. The van der Waals surface area contributed by atoms with Crippen molar-refractivity contribution in [3.63, 3.8) is 0 Å². The number of nitrogens with two attached hydrogens (primary N) is 2. The standard InChI is InChI=1S/C17H27N3O/c18-15-7-3-2-6-14(15)16(20-19)13-8-11-21-17(12-13)9-4-1-5-10-17/h2-3,6-7,13,16,20H,1,4-5,8-12,18-19H2. The highest BCUT2D eigenvalue weighted by Crippen LogP contribution is 2.44. The minimum atomic E-state index is 0.0970. The van der Waals surface area contributed by atoms with E-state index in [0.717, 1.165) is 30.7 Å². The van der Waals surface area contributed by atoms with Crippen LogP contribution >= 0.6 is 0 Å². The minimum absolute atomic E-state index is 0.0970. The zero-order valence-corrected chi connectivity index (χ0v) is 12.7. The molecule has 1 aliphatic heterocycles. The van der Waals surface area contributed by atoms with Crippen LogP contribution in [0.4, 0.5) is 5.69 Å². The summed E-state index contributed by atoms with van der Waals surface area (Å²) >= 11 is 0. The Morgan fingerprint density at radius 3 is 2.67 bits per heavy atom. The molecule has 1 aliphatic carbocycles. The van der Waals surface area contributed by atoms with Gasteiger partial charge in [-0.15, -0.1) is 0 Å². The van der Waals surface area contributed by atoms with Gasteiger partial charge in [-0.05, 0) is 43.2 Å². The lowest BCUT2D eigenvalue weighted by atomic mass is 9.73. The maximum absolute atomic E-state index is 6.20. The number of nitrogens with one attached hydrogen (secondary N) is 1. The van der Waals surface area contributed by atoms with Crippen LogP contribution in [-0.4, -0.2) is 12.2 Å². The molecule has 4 nitrogen and oxygen atoms in total. The summed E-state index contributed by atoms with van der Waals surface area (Å²) in [6.45, 7) is 0.843. The predicted octanol–water partition coefficient (Wildman–Crippen LogP) is 2.90. The van der Waals surface area contributed by atoms with Crippen LogP contribution in [0.2, 0.25) is 0 Å². The molecule has 1 heterocycles. The van der Waals surface area contributed by atoms with Gasteiger partial charge in [-0.25, -0.2) is 0 Å². The maximum atomic E-state index is 6.20. The van der Waals surface area contributed by atoms with Gasteiger partial charge in [-0.3, -0.25) is 11.3 Å². The second-order valence-electron chi connectivity index (χ2n) is 6.62. The largest absolute Gasteiger partial charge is 0.398 e. The van der Waals surface area contributed by atoms with E-state index in [1.807, 2.05) is 18.2 Å². The molecule has 0 radical (unpaired) electrons. The Morgan fingerprint density at radius 1 is 1.19 bits per heavy atom. The summed E-state index contributed by atoms with van der Waals surface area (Å²) in [5.41, 5.74) is 11.2. The van der Waals surface area contributed by atoms with Crippen LogP contribution in [0.1, 0.15) is 56.6 Å². The Bertz CT molecular complexity index is 465. The van der Waals surface area contributed by atoms with E-state index in [9.17, 15) is 0 Å². The molecule has 21 heavy (non-hydrogen) atoms. The monoisotopic (exact) mass is 289 g/mol. The summed E-state index contributed by atoms with van der Waals surface area (Å²) < 4.78 is 6.20. The molecule has 1 saturated carbocycles. The van der Waals surface area contributed by atoms with Gasteiger partial charge in [0.15, 0.2) is 0 Å². The van der Waals surface area contributed by atoms with E-state index in [0.29, 0.717) is 5.92 Å². The van der Waals surface area contributed by atoms with Crippen molar-refractivity contribution in [1.82, 2.24) is 5.43 Å². The molecule has 0 amide bonds. The van der Waals surface area contributed by atoms with Gasteiger partial charge >= 0.3 is 0 Å². The lowest BCUT2D eigenvalue weighted by Gasteiger charge is -2.45. The maximum Gasteiger partial charge on any atom is 0.0686 e. The van der Waals surface area contributed by atoms with Crippen molar-refractivity contribution in [3.05, 3.63) is 29.8 Å². The first-order valence-electron chi connectivity index (χ1n) is 8.19. The van der Waals surface area contributed by atoms with Crippen LogP contribution in [0.15, 0.2) is 24.3 Å². The molecule has 5 N–H and O–H groups in total. The first kappa shape index (κ1) is 14.8.